The number of hydrogen-bond acceptors (Lipinski definition) is 2. The first-order valence-corrected chi connectivity index (χ1v) is 8.59. The van der Waals surface area contributed by atoms with Crippen LogP contribution in [0.4, 0.5) is 0 Å². The van der Waals surface area contributed by atoms with Crippen LogP contribution < -0.4 is 0 Å². The minimum atomic E-state index is -0.0745. The molecule has 2 heteroatoms. The Kier molecular flexibility index (Phi) is 9.77. The second kappa shape index (κ2) is 11.5. The van der Waals surface area contributed by atoms with Gasteiger partial charge in [0.1, 0.15) is 0 Å². The van der Waals surface area contributed by atoms with Crippen molar-refractivity contribution in [2.24, 2.45) is 0 Å². The van der Waals surface area contributed by atoms with Gasteiger partial charge in [-0.1, -0.05) is 76.4 Å². The van der Waals surface area contributed by atoms with E-state index in [1.165, 1.54) is 63.4 Å². The van der Waals surface area contributed by atoms with Gasteiger partial charge in [0.15, 0.2) is 5.78 Å². The van der Waals surface area contributed by atoms with Crippen molar-refractivity contribution in [2.45, 2.75) is 84.0 Å². The molecule has 0 atom stereocenters. The minimum absolute atomic E-state index is 0.0745. The van der Waals surface area contributed by atoms with Crippen LogP contribution in [-0.2, 0) is 9.59 Å². The third-order valence-corrected chi connectivity index (χ3v) is 4.14. The van der Waals surface area contributed by atoms with E-state index in [2.05, 4.69) is 6.92 Å². The molecule has 1 radical (unpaired) electrons. The Bertz CT molecular complexity index is 377. The highest BCUT2D eigenvalue weighted by molar-refractivity contribution is 6.13. The minimum Gasteiger partial charge on any atom is -0.294 e. The summed E-state index contributed by atoms with van der Waals surface area (Å²) in [6.45, 7) is 2.25. The first-order chi connectivity index (χ1) is 10.3. The monoisotopic (exact) mass is 289 g/mol. The van der Waals surface area contributed by atoms with Crippen molar-refractivity contribution in [1.82, 2.24) is 0 Å². The van der Waals surface area contributed by atoms with Gasteiger partial charge >= 0.3 is 0 Å². The normalized spacial score (nSPS) is 14.8. The molecule has 0 spiro atoms. The lowest BCUT2D eigenvalue weighted by Gasteiger charge is -2.10. The van der Waals surface area contributed by atoms with Crippen LogP contribution in [0.2, 0.25) is 0 Å². The van der Waals surface area contributed by atoms with E-state index in [0.29, 0.717) is 6.42 Å². The number of rotatable bonds is 12. The zero-order valence-corrected chi connectivity index (χ0v) is 13.5. The third kappa shape index (κ3) is 7.99. The standard InChI is InChI=1S/C19H29O2/c1-2-3-4-5-6-7-8-9-10-11-12-17-13-14-18(16-20)19(21)15-17/h13-14H,2-12,15H2,1H3. The Hall–Kier alpha value is -1.18. The van der Waals surface area contributed by atoms with Crippen LogP contribution >= 0.6 is 0 Å². The maximum Gasteiger partial charge on any atom is 0.237 e. The number of allylic oxidation sites excluding steroid dienone is 4. The lowest BCUT2D eigenvalue weighted by molar-refractivity contribution is -0.114. The second-order valence-electron chi connectivity index (χ2n) is 6.04. The molecule has 0 saturated carbocycles. The topological polar surface area (TPSA) is 34.1 Å². The van der Waals surface area contributed by atoms with Gasteiger partial charge in [0.25, 0.3) is 0 Å². The summed E-state index contributed by atoms with van der Waals surface area (Å²) in [4.78, 5) is 22.0. The van der Waals surface area contributed by atoms with Crippen molar-refractivity contribution in [1.29, 1.82) is 0 Å². The Morgan fingerprint density at radius 1 is 0.905 bits per heavy atom. The molecule has 0 aliphatic heterocycles. The summed E-state index contributed by atoms with van der Waals surface area (Å²) in [6.07, 6.45) is 19.9. The van der Waals surface area contributed by atoms with Crippen molar-refractivity contribution in [2.75, 3.05) is 0 Å². The quantitative estimate of drug-likeness (QED) is 0.364. The summed E-state index contributed by atoms with van der Waals surface area (Å²) < 4.78 is 0. The zero-order chi connectivity index (χ0) is 15.3. The molecule has 0 heterocycles. The van der Waals surface area contributed by atoms with Crippen LogP contribution in [0.15, 0.2) is 23.3 Å². The van der Waals surface area contributed by atoms with Crippen molar-refractivity contribution < 1.29 is 9.59 Å². The third-order valence-electron chi connectivity index (χ3n) is 4.14. The van der Waals surface area contributed by atoms with Gasteiger partial charge in [-0.25, -0.2) is 0 Å². The van der Waals surface area contributed by atoms with Crippen molar-refractivity contribution in [3.05, 3.63) is 23.3 Å². The Balaban J connectivity index is 1.98. The van der Waals surface area contributed by atoms with Gasteiger partial charge in [0, 0.05) is 6.42 Å². The molecule has 2 nitrogen and oxygen atoms in total. The summed E-state index contributed by atoms with van der Waals surface area (Å²) >= 11 is 0. The van der Waals surface area contributed by atoms with Gasteiger partial charge in [0.05, 0.1) is 5.57 Å². The molecule has 0 fully saturated rings. The number of carbonyl (C=O) groups excluding carboxylic acids is 2. The van der Waals surface area contributed by atoms with Crippen LogP contribution in [0.3, 0.4) is 0 Å². The maximum atomic E-state index is 11.5. The Labute approximate surface area is 129 Å². The van der Waals surface area contributed by atoms with E-state index < -0.39 is 0 Å². The number of unbranched alkanes of at least 4 members (excludes halogenated alkanes) is 9. The summed E-state index contributed by atoms with van der Waals surface area (Å²) in [7, 11) is 0. The molecule has 0 amide bonds. The van der Waals surface area contributed by atoms with Gasteiger partial charge in [-0.05, 0) is 18.9 Å². The van der Waals surface area contributed by atoms with E-state index in [0.717, 1.165) is 12.8 Å². The van der Waals surface area contributed by atoms with Crippen LogP contribution in [-0.4, -0.2) is 12.1 Å². The van der Waals surface area contributed by atoms with E-state index in [1.54, 1.807) is 12.4 Å². The van der Waals surface area contributed by atoms with Gasteiger partial charge in [-0.3, -0.25) is 9.59 Å². The zero-order valence-electron chi connectivity index (χ0n) is 13.5. The number of ketones is 1. The number of hydrogen-bond donors (Lipinski definition) is 0. The molecule has 0 saturated heterocycles. The first-order valence-electron chi connectivity index (χ1n) is 8.59. The van der Waals surface area contributed by atoms with E-state index in [1.807, 2.05) is 6.08 Å². The molecule has 0 N–H and O–H groups in total. The molecule has 0 aromatic rings. The molecule has 0 aromatic heterocycles. The highest BCUT2D eigenvalue weighted by Crippen LogP contribution is 2.20. The molecule has 117 valence electrons. The number of carbonyl (C=O) groups is 1. The Morgan fingerprint density at radius 2 is 1.48 bits per heavy atom. The van der Waals surface area contributed by atoms with Gasteiger partial charge < -0.3 is 0 Å². The summed E-state index contributed by atoms with van der Waals surface area (Å²) in [5.41, 5.74) is 1.36. The van der Waals surface area contributed by atoms with Crippen LogP contribution in [0, 0.1) is 0 Å². The highest BCUT2D eigenvalue weighted by atomic mass is 16.1. The second-order valence-corrected chi connectivity index (χ2v) is 6.04. The molecular formula is C19H29O2. The number of Topliss-reactive ketones (excluding diaryl/α,β-unsaturated/α-hetero) is 1. The van der Waals surface area contributed by atoms with Crippen molar-refractivity contribution in [3.63, 3.8) is 0 Å². The first kappa shape index (κ1) is 17.9. The molecule has 0 unspecified atom stereocenters. The molecule has 1 rings (SSSR count). The van der Waals surface area contributed by atoms with Gasteiger partial charge in [0.2, 0.25) is 6.29 Å². The predicted octanol–water partition coefficient (Wildman–Crippen LogP) is 5.23. The molecule has 0 aromatic carbocycles. The van der Waals surface area contributed by atoms with E-state index in [-0.39, 0.29) is 11.4 Å². The average Bonchev–Trinajstić information content (AvgIpc) is 2.49. The van der Waals surface area contributed by atoms with Crippen molar-refractivity contribution >= 4 is 12.1 Å². The lowest BCUT2D eigenvalue weighted by atomic mass is 9.94. The molecule has 0 bridgehead atoms. The average molecular weight is 289 g/mol. The van der Waals surface area contributed by atoms with Crippen LogP contribution in [0.5, 0.6) is 0 Å². The maximum absolute atomic E-state index is 11.5. The van der Waals surface area contributed by atoms with Crippen molar-refractivity contribution in [3.8, 4) is 0 Å². The van der Waals surface area contributed by atoms with E-state index >= 15 is 0 Å². The Morgan fingerprint density at radius 3 is 2.00 bits per heavy atom. The summed E-state index contributed by atoms with van der Waals surface area (Å²) in [5, 5.41) is 0. The molecular weight excluding hydrogens is 260 g/mol. The smallest absolute Gasteiger partial charge is 0.237 e. The largest absolute Gasteiger partial charge is 0.294 e. The van der Waals surface area contributed by atoms with Crippen LogP contribution in [0.25, 0.3) is 0 Å². The van der Waals surface area contributed by atoms with Gasteiger partial charge in [-0.15, -0.1) is 0 Å². The SMILES string of the molecule is CCCCCCCCCCCCC1=CC=C([C]=O)C(=O)C1. The summed E-state index contributed by atoms with van der Waals surface area (Å²) in [6, 6.07) is 0. The molecule has 21 heavy (non-hydrogen) atoms. The van der Waals surface area contributed by atoms with E-state index in [4.69, 9.17) is 0 Å². The lowest BCUT2D eigenvalue weighted by Crippen LogP contribution is -2.08. The molecule has 1 aliphatic carbocycles. The van der Waals surface area contributed by atoms with Gasteiger partial charge in [-0.2, -0.15) is 0 Å². The fourth-order valence-electron chi connectivity index (χ4n) is 2.76. The molecule has 1 aliphatic rings. The summed E-state index contributed by atoms with van der Waals surface area (Å²) in [5.74, 6) is -0.0745. The fourth-order valence-corrected chi connectivity index (χ4v) is 2.76. The highest BCUT2D eigenvalue weighted by Gasteiger charge is 2.15. The van der Waals surface area contributed by atoms with E-state index in [9.17, 15) is 9.59 Å². The fraction of sp³-hybridized carbons (Fsp3) is 0.684. The van der Waals surface area contributed by atoms with Crippen LogP contribution in [0.1, 0.15) is 84.0 Å². The predicted molar refractivity (Wildman–Crippen MR) is 87.9 cm³/mol.